The number of allylic oxidation sites excluding steroid dienone is 2. The molecule has 0 aromatic rings. The van der Waals surface area contributed by atoms with Crippen LogP contribution in [0, 0.1) is 0 Å². The van der Waals surface area contributed by atoms with Crippen molar-refractivity contribution in [1.29, 1.82) is 0 Å². The Hall–Kier alpha value is -0.720. The van der Waals surface area contributed by atoms with Crippen LogP contribution in [0.15, 0.2) is 23.4 Å². The molecule has 1 aliphatic heterocycles. The third-order valence-corrected chi connectivity index (χ3v) is 2.12. The first-order valence-electron chi connectivity index (χ1n) is 4.04. The molecule has 0 unspecified atom stereocenters. The summed E-state index contributed by atoms with van der Waals surface area (Å²) in [7, 11) is 0. The molecule has 0 aromatic heterocycles. The maximum atomic E-state index is 4.44. The lowest BCUT2D eigenvalue weighted by Gasteiger charge is -2.20. The van der Waals surface area contributed by atoms with Crippen molar-refractivity contribution in [1.82, 2.24) is 5.32 Å². The minimum atomic E-state index is 1.01. The number of fused-ring (bicyclic) bond motifs is 1. The van der Waals surface area contributed by atoms with Gasteiger partial charge in [0.1, 0.15) is 0 Å². The van der Waals surface area contributed by atoms with E-state index < -0.39 is 0 Å². The zero-order valence-electron chi connectivity index (χ0n) is 6.14. The third-order valence-electron chi connectivity index (χ3n) is 2.12. The summed E-state index contributed by atoms with van der Waals surface area (Å²) in [6, 6.07) is 0. The summed E-state index contributed by atoms with van der Waals surface area (Å²) < 4.78 is 0. The molecule has 1 heteroatoms. The Morgan fingerprint density at radius 1 is 1.20 bits per heavy atom. The van der Waals surface area contributed by atoms with Crippen molar-refractivity contribution in [2.75, 3.05) is 6.54 Å². The summed E-state index contributed by atoms with van der Waals surface area (Å²) in [6.07, 6.45) is 9.59. The highest BCUT2D eigenvalue weighted by Crippen LogP contribution is 2.25. The van der Waals surface area contributed by atoms with Crippen molar-refractivity contribution in [2.24, 2.45) is 0 Å². The van der Waals surface area contributed by atoms with Gasteiger partial charge in [-0.1, -0.05) is 12.2 Å². The Labute approximate surface area is 61.8 Å². The fraction of sp³-hybridized carbons (Fsp3) is 0.556. The minimum Gasteiger partial charge on any atom is -0.285 e. The van der Waals surface area contributed by atoms with Gasteiger partial charge < -0.3 is 0 Å². The zero-order valence-corrected chi connectivity index (χ0v) is 6.14. The molecule has 0 bridgehead atoms. The molecule has 10 heavy (non-hydrogen) atoms. The molecular formula is C9H12N. The van der Waals surface area contributed by atoms with Gasteiger partial charge in [0, 0.05) is 6.54 Å². The predicted octanol–water partition coefficient (Wildman–Crippen LogP) is 1.99. The van der Waals surface area contributed by atoms with Gasteiger partial charge in [0.15, 0.2) is 0 Å². The van der Waals surface area contributed by atoms with Gasteiger partial charge in [-0.05, 0) is 31.3 Å². The monoisotopic (exact) mass is 134 g/mol. The van der Waals surface area contributed by atoms with Crippen molar-refractivity contribution in [3.8, 4) is 0 Å². The summed E-state index contributed by atoms with van der Waals surface area (Å²) in [4.78, 5) is 0. The molecule has 0 aromatic carbocycles. The molecule has 0 saturated carbocycles. The Balaban J connectivity index is 2.25. The molecule has 2 aliphatic rings. The fourth-order valence-electron chi connectivity index (χ4n) is 1.59. The van der Waals surface area contributed by atoms with Gasteiger partial charge in [-0.15, -0.1) is 0 Å². The molecule has 1 heterocycles. The van der Waals surface area contributed by atoms with Gasteiger partial charge >= 0.3 is 0 Å². The van der Waals surface area contributed by atoms with E-state index in [2.05, 4.69) is 17.5 Å². The zero-order chi connectivity index (χ0) is 6.81. The largest absolute Gasteiger partial charge is 0.285 e. The average molecular weight is 134 g/mol. The topological polar surface area (TPSA) is 14.1 Å². The molecule has 0 N–H and O–H groups in total. The maximum Gasteiger partial charge on any atom is 0.0563 e. The lowest BCUT2D eigenvalue weighted by atomic mass is 9.95. The van der Waals surface area contributed by atoms with E-state index in [4.69, 9.17) is 0 Å². The summed E-state index contributed by atoms with van der Waals surface area (Å²) in [6.45, 7) is 1.01. The van der Waals surface area contributed by atoms with Crippen molar-refractivity contribution < 1.29 is 0 Å². The second-order valence-electron chi connectivity index (χ2n) is 2.88. The van der Waals surface area contributed by atoms with Crippen LogP contribution >= 0.6 is 0 Å². The smallest absolute Gasteiger partial charge is 0.0563 e. The first-order chi connectivity index (χ1) is 4.97. The SMILES string of the molecule is C1=C2CCCC=C2[N]CC1. The highest BCUT2D eigenvalue weighted by Gasteiger charge is 2.12. The van der Waals surface area contributed by atoms with Gasteiger partial charge in [-0.3, -0.25) is 5.32 Å². The van der Waals surface area contributed by atoms with E-state index in [1.807, 2.05) is 0 Å². The Bertz CT molecular complexity index is 167. The highest BCUT2D eigenvalue weighted by atomic mass is 14.9. The van der Waals surface area contributed by atoms with E-state index in [0.29, 0.717) is 0 Å². The van der Waals surface area contributed by atoms with Gasteiger partial charge in [0.25, 0.3) is 0 Å². The van der Waals surface area contributed by atoms with E-state index in [9.17, 15) is 0 Å². The van der Waals surface area contributed by atoms with E-state index >= 15 is 0 Å². The molecule has 1 aliphatic carbocycles. The standard InChI is InChI=1S/C9H12N/c1-2-6-9-8(4-1)5-3-7-10-9/h5-6H,1-4,7H2. The summed E-state index contributed by atoms with van der Waals surface area (Å²) >= 11 is 0. The molecule has 1 radical (unpaired) electrons. The molecule has 0 fully saturated rings. The number of rotatable bonds is 0. The lowest BCUT2D eigenvalue weighted by Crippen LogP contribution is -2.15. The molecule has 0 saturated heterocycles. The first-order valence-corrected chi connectivity index (χ1v) is 4.04. The maximum absolute atomic E-state index is 4.44. The molecule has 2 rings (SSSR count). The van der Waals surface area contributed by atoms with Crippen molar-refractivity contribution in [3.05, 3.63) is 23.4 Å². The Morgan fingerprint density at radius 3 is 3.10 bits per heavy atom. The van der Waals surface area contributed by atoms with Crippen molar-refractivity contribution in [2.45, 2.75) is 25.7 Å². The van der Waals surface area contributed by atoms with Gasteiger partial charge in [-0.2, -0.15) is 0 Å². The Morgan fingerprint density at radius 2 is 2.20 bits per heavy atom. The quantitative estimate of drug-likeness (QED) is 0.481. The summed E-state index contributed by atoms with van der Waals surface area (Å²) in [5, 5.41) is 4.44. The lowest BCUT2D eigenvalue weighted by molar-refractivity contribution is 0.686. The van der Waals surface area contributed by atoms with Gasteiger partial charge in [0.2, 0.25) is 0 Å². The average Bonchev–Trinajstić information content (AvgIpc) is 2.05. The van der Waals surface area contributed by atoms with Crippen molar-refractivity contribution in [3.63, 3.8) is 0 Å². The Kier molecular flexibility index (Phi) is 1.50. The highest BCUT2D eigenvalue weighted by molar-refractivity contribution is 5.33. The number of hydrogen-bond acceptors (Lipinski definition) is 0. The fourth-order valence-corrected chi connectivity index (χ4v) is 1.59. The van der Waals surface area contributed by atoms with Crippen LogP contribution < -0.4 is 5.32 Å². The van der Waals surface area contributed by atoms with E-state index in [-0.39, 0.29) is 0 Å². The summed E-state index contributed by atoms with van der Waals surface area (Å²) in [5.41, 5.74) is 2.79. The first kappa shape index (κ1) is 6.02. The number of nitrogens with zero attached hydrogens (tertiary/aromatic N) is 1. The molecular weight excluding hydrogens is 122 g/mol. The normalized spacial score (nSPS) is 24.0. The third kappa shape index (κ3) is 0.962. The van der Waals surface area contributed by atoms with Gasteiger partial charge in [0.05, 0.1) is 5.70 Å². The second kappa shape index (κ2) is 2.49. The van der Waals surface area contributed by atoms with E-state index in [1.165, 1.54) is 30.5 Å². The molecule has 0 atom stereocenters. The van der Waals surface area contributed by atoms with Crippen LogP contribution in [0.25, 0.3) is 0 Å². The van der Waals surface area contributed by atoms with Crippen LogP contribution in [0.1, 0.15) is 25.7 Å². The van der Waals surface area contributed by atoms with Crippen LogP contribution in [-0.2, 0) is 0 Å². The second-order valence-corrected chi connectivity index (χ2v) is 2.88. The molecule has 53 valence electrons. The predicted molar refractivity (Wildman–Crippen MR) is 41.6 cm³/mol. The van der Waals surface area contributed by atoms with E-state index in [0.717, 1.165) is 13.0 Å². The number of hydrogen-bond donors (Lipinski definition) is 0. The summed E-state index contributed by atoms with van der Waals surface area (Å²) in [5.74, 6) is 0. The molecule has 0 amide bonds. The molecule has 1 nitrogen and oxygen atoms in total. The van der Waals surface area contributed by atoms with Crippen LogP contribution in [0.5, 0.6) is 0 Å². The van der Waals surface area contributed by atoms with Crippen molar-refractivity contribution >= 4 is 0 Å². The van der Waals surface area contributed by atoms with Crippen LogP contribution in [0.3, 0.4) is 0 Å². The minimum absolute atomic E-state index is 1.01. The van der Waals surface area contributed by atoms with Crippen LogP contribution in [0.2, 0.25) is 0 Å². The van der Waals surface area contributed by atoms with Crippen LogP contribution in [-0.4, -0.2) is 6.54 Å². The molecule has 0 spiro atoms. The van der Waals surface area contributed by atoms with Crippen LogP contribution in [0.4, 0.5) is 0 Å². The van der Waals surface area contributed by atoms with E-state index in [1.54, 1.807) is 0 Å². The van der Waals surface area contributed by atoms with Gasteiger partial charge in [-0.25, -0.2) is 0 Å².